The summed E-state index contributed by atoms with van der Waals surface area (Å²) in [5.74, 6) is -2.77. The van der Waals surface area contributed by atoms with E-state index in [2.05, 4.69) is 0 Å². The number of ether oxygens (including phenoxy) is 1. The zero-order valence-corrected chi connectivity index (χ0v) is 22.7. The highest BCUT2D eigenvalue weighted by atomic mass is 19.3. The van der Waals surface area contributed by atoms with E-state index in [1.165, 1.54) is 29.8 Å². The zero-order valence-electron chi connectivity index (χ0n) is 22.7. The van der Waals surface area contributed by atoms with Gasteiger partial charge in [0.25, 0.3) is 0 Å². The van der Waals surface area contributed by atoms with E-state index in [9.17, 15) is 23.8 Å². The Hall–Kier alpha value is -2.83. The van der Waals surface area contributed by atoms with Crippen molar-refractivity contribution >= 4 is 37.7 Å². The Bertz CT molecular complexity index is 1360. The number of hydrogen-bond acceptors (Lipinski definition) is 8. The Morgan fingerprint density at radius 1 is 1.21 bits per heavy atom. The fraction of sp³-hybridized carbons (Fsp3) is 0.462. The van der Waals surface area contributed by atoms with Gasteiger partial charge in [0.05, 0.1) is 28.3 Å². The molecule has 2 heterocycles. The summed E-state index contributed by atoms with van der Waals surface area (Å²) in [4.78, 5) is 17.9. The third-order valence-corrected chi connectivity index (χ3v) is 7.50. The van der Waals surface area contributed by atoms with Gasteiger partial charge < -0.3 is 24.3 Å². The first-order valence-corrected chi connectivity index (χ1v) is 12.5. The third kappa shape index (κ3) is 5.33. The summed E-state index contributed by atoms with van der Waals surface area (Å²) in [5.41, 5.74) is 0.357. The maximum absolute atomic E-state index is 13.5. The van der Waals surface area contributed by atoms with Crippen molar-refractivity contribution in [3.8, 4) is 11.4 Å². The molecule has 4 rings (SSSR count). The van der Waals surface area contributed by atoms with Crippen LogP contribution in [0, 0.1) is 0 Å². The van der Waals surface area contributed by atoms with Crippen LogP contribution in [0.2, 0.25) is 0 Å². The van der Waals surface area contributed by atoms with E-state index in [0.717, 1.165) is 4.90 Å². The van der Waals surface area contributed by atoms with Crippen molar-refractivity contribution in [3.05, 3.63) is 47.8 Å². The average Bonchev–Trinajstić information content (AvgIpc) is 3.30. The van der Waals surface area contributed by atoms with E-state index in [1.54, 1.807) is 25.1 Å². The molecule has 2 radical (unpaired) electrons. The summed E-state index contributed by atoms with van der Waals surface area (Å²) in [6.45, 7) is 6.30. The topological polar surface area (TPSA) is 106 Å². The molecule has 3 aromatic rings. The van der Waals surface area contributed by atoms with E-state index >= 15 is 0 Å². The van der Waals surface area contributed by atoms with Crippen molar-refractivity contribution in [2.45, 2.75) is 70.7 Å². The number of carbonyl (C=O) groups is 1. The number of aromatic nitrogens is 2. The van der Waals surface area contributed by atoms with Crippen molar-refractivity contribution < 1.29 is 37.8 Å². The summed E-state index contributed by atoms with van der Waals surface area (Å²) < 4.78 is 45.6. The van der Waals surface area contributed by atoms with Crippen LogP contribution in [0.3, 0.4) is 0 Å². The van der Waals surface area contributed by atoms with Gasteiger partial charge >= 0.3 is 13.7 Å². The summed E-state index contributed by atoms with van der Waals surface area (Å²) in [5, 5.41) is 20.3. The fourth-order valence-electron chi connectivity index (χ4n) is 4.62. The highest BCUT2D eigenvalue weighted by Crippen LogP contribution is 2.39. The molecule has 39 heavy (non-hydrogen) atoms. The molecular weight excluding hydrogens is 510 g/mol. The second kappa shape index (κ2) is 10.3. The van der Waals surface area contributed by atoms with Gasteiger partial charge in [-0.15, -0.1) is 0 Å². The molecule has 206 valence electrons. The quantitative estimate of drug-likeness (QED) is 0.242. The number of alkyl halides is 2. The average molecular weight is 541 g/mol. The lowest BCUT2D eigenvalue weighted by Gasteiger charge is -2.36. The van der Waals surface area contributed by atoms with Crippen LogP contribution in [0.15, 0.2) is 36.4 Å². The number of para-hydroxylation sites is 1. The van der Waals surface area contributed by atoms with Crippen molar-refractivity contribution in [2.75, 3.05) is 7.05 Å². The van der Waals surface area contributed by atoms with Crippen molar-refractivity contribution in [1.29, 1.82) is 0 Å². The van der Waals surface area contributed by atoms with Crippen LogP contribution in [0.4, 0.5) is 8.78 Å². The number of hydrogen-bond donors (Lipinski definition) is 2. The van der Waals surface area contributed by atoms with Gasteiger partial charge in [0, 0.05) is 5.56 Å². The fourth-order valence-corrected chi connectivity index (χ4v) is 4.62. The molecule has 1 fully saturated rings. The van der Waals surface area contributed by atoms with Gasteiger partial charge in [-0.3, -0.25) is 14.3 Å². The molecule has 0 amide bonds. The number of imidazole rings is 1. The lowest BCUT2D eigenvalue weighted by Crippen LogP contribution is -2.49. The lowest BCUT2D eigenvalue weighted by molar-refractivity contribution is -0.203. The van der Waals surface area contributed by atoms with Gasteiger partial charge in [-0.1, -0.05) is 19.1 Å². The highest BCUT2D eigenvalue weighted by molar-refractivity contribution is 6.62. The first-order chi connectivity index (χ1) is 18.1. The minimum absolute atomic E-state index is 0.0155. The smallest absolute Gasteiger partial charge is 0.433 e. The lowest BCUT2D eigenvalue weighted by atomic mass is 9.79. The zero-order chi connectivity index (χ0) is 28.9. The number of fused-ring (bicyclic) bond motifs is 1. The second-order valence-corrected chi connectivity index (χ2v) is 10.6. The SMILES string of the molecule is [B]C(O)(O)N(C)[C@H](CC)c1nc2ccc(B3OC(C)(C)C(C)(C)O3)cc2n1-c1c(C=O)cccc1OC(F)F. The van der Waals surface area contributed by atoms with Crippen molar-refractivity contribution in [1.82, 2.24) is 14.5 Å². The number of carbonyl (C=O) groups excluding carboxylic acids is 1. The summed E-state index contributed by atoms with van der Waals surface area (Å²) >= 11 is 0. The molecule has 0 bridgehead atoms. The molecule has 1 atom stereocenters. The normalized spacial score (nSPS) is 17.8. The molecule has 1 aliphatic rings. The minimum atomic E-state index is -3.17. The largest absolute Gasteiger partial charge is 0.494 e. The van der Waals surface area contributed by atoms with Crippen molar-refractivity contribution in [2.24, 2.45) is 0 Å². The Kier molecular flexibility index (Phi) is 7.69. The molecule has 1 aromatic heterocycles. The monoisotopic (exact) mass is 541 g/mol. The predicted octanol–water partition coefficient (Wildman–Crippen LogP) is 2.89. The predicted molar refractivity (Wildman–Crippen MR) is 143 cm³/mol. The number of aliphatic hydroxyl groups is 2. The second-order valence-electron chi connectivity index (χ2n) is 10.6. The molecule has 0 spiro atoms. The van der Waals surface area contributed by atoms with Crippen molar-refractivity contribution in [3.63, 3.8) is 0 Å². The Balaban J connectivity index is 2.03. The molecule has 1 saturated heterocycles. The summed E-state index contributed by atoms with van der Waals surface area (Å²) in [6, 6.07) is 8.62. The number of rotatable bonds is 9. The standard InChI is InChI=1S/C26H31B2F2N3O6/c1-7-18(32(6)26(27,35)36)22-31-17-12-11-16(28-38-24(2,3)25(4,5)39-28)13-19(17)33(22)21-15(14-34)9-8-10-20(21)37-23(29)30/h8-14,18,23,35-36H,7H2,1-6H3/t18-/m1/s1. The Morgan fingerprint density at radius 2 is 1.85 bits per heavy atom. The minimum Gasteiger partial charge on any atom is -0.433 e. The number of aldehydes is 1. The number of halogens is 2. The van der Waals surface area contributed by atoms with Crippen LogP contribution < -0.4 is 10.2 Å². The molecule has 2 N–H and O–H groups in total. The maximum atomic E-state index is 13.5. The van der Waals surface area contributed by atoms with Crippen LogP contribution in [-0.4, -0.2) is 76.6 Å². The third-order valence-electron chi connectivity index (χ3n) is 7.50. The first-order valence-electron chi connectivity index (χ1n) is 12.5. The molecule has 2 aromatic carbocycles. The van der Waals surface area contributed by atoms with E-state index in [-0.39, 0.29) is 29.2 Å². The molecule has 0 saturated carbocycles. The Labute approximate surface area is 227 Å². The van der Waals surface area contributed by atoms with E-state index in [4.69, 9.17) is 26.9 Å². The van der Waals surface area contributed by atoms with Gasteiger partial charge in [0.1, 0.15) is 11.5 Å². The van der Waals surface area contributed by atoms with E-state index < -0.39 is 36.8 Å². The van der Waals surface area contributed by atoms with Gasteiger partial charge in [-0.25, -0.2) is 4.98 Å². The van der Waals surface area contributed by atoms with Crippen LogP contribution in [-0.2, 0) is 9.31 Å². The van der Waals surface area contributed by atoms with Crippen LogP contribution in [0.25, 0.3) is 16.7 Å². The van der Waals surface area contributed by atoms with Crippen LogP contribution in [0.1, 0.15) is 63.3 Å². The van der Waals surface area contributed by atoms with Gasteiger partial charge in [0.15, 0.2) is 25.7 Å². The van der Waals surface area contributed by atoms with Gasteiger partial charge in [-0.2, -0.15) is 8.78 Å². The first kappa shape index (κ1) is 29.2. The number of benzene rings is 2. The van der Waals surface area contributed by atoms with Crippen LogP contribution >= 0.6 is 0 Å². The summed E-state index contributed by atoms with van der Waals surface area (Å²) in [6.07, 6.45) is 0.815. The highest BCUT2D eigenvalue weighted by Gasteiger charge is 2.51. The molecule has 13 heteroatoms. The van der Waals surface area contributed by atoms with E-state index in [1.807, 2.05) is 27.7 Å². The molecule has 9 nitrogen and oxygen atoms in total. The van der Waals surface area contributed by atoms with Gasteiger partial charge in [0.2, 0.25) is 0 Å². The van der Waals surface area contributed by atoms with E-state index in [0.29, 0.717) is 22.8 Å². The van der Waals surface area contributed by atoms with Gasteiger partial charge in [-0.05, 0) is 70.9 Å². The molecule has 0 unspecified atom stereocenters. The van der Waals surface area contributed by atoms with Crippen LogP contribution in [0.5, 0.6) is 5.75 Å². The molecule has 0 aliphatic carbocycles. The number of nitrogens with zero attached hydrogens (tertiary/aromatic N) is 3. The maximum Gasteiger partial charge on any atom is 0.494 e. The Morgan fingerprint density at radius 3 is 2.38 bits per heavy atom. The molecule has 1 aliphatic heterocycles. The molecular formula is C26H31B2F2N3O6. The summed E-state index contributed by atoms with van der Waals surface area (Å²) in [7, 11) is 6.22.